The largest absolute Gasteiger partial charge is 0.357 e. The molecule has 0 radical (unpaired) electrons. The van der Waals surface area contributed by atoms with Crippen LogP contribution < -0.4 is 5.32 Å². The highest BCUT2D eigenvalue weighted by atomic mass is 16.6. The van der Waals surface area contributed by atoms with Crippen molar-refractivity contribution in [3.8, 4) is 0 Å². The van der Waals surface area contributed by atoms with E-state index >= 15 is 0 Å². The van der Waals surface area contributed by atoms with Crippen molar-refractivity contribution in [2.75, 3.05) is 13.7 Å². The van der Waals surface area contributed by atoms with Crippen LogP contribution in [0.1, 0.15) is 0 Å². The van der Waals surface area contributed by atoms with Crippen molar-refractivity contribution < 1.29 is 4.74 Å². The summed E-state index contributed by atoms with van der Waals surface area (Å²) in [5.74, 6) is 0. The van der Waals surface area contributed by atoms with E-state index in [4.69, 9.17) is 4.74 Å². The number of ether oxygens (including phenoxy) is 1. The van der Waals surface area contributed by atoms with Crippen LogP contribution in [0.25, 0.3) is 0 Å². The summed E-state index contributed by atoms with van der Waals surface area (Å²) in [6, 6.07) is 0. The van der Waals surface area contributed by atoms with Gasteiger partial charge in [-0.05, 0) is 7.05 Å². The van der Waals surface area contributed by atoms with Gasteiger partial charge in [-0.3, -0.25) is 5.32 Å². The summed E-state index contributed by atoms with van der Waals surface area (Å²) in [6.45, 7) is 0.899. The number of rotatable bonds is 1. The summed E-state index contributed by atoms with van der Waals surface area (Å²) in [5, 5.41) is 2.92. The molecule has 0 saturated carbocycles. The Balaban J connectivity index is 2.00. The smallest absolute Gasteiger partial charge is 0.131 e. The first-order valence-electron chi connectivity index (χ1n) is 1.72. The van der Waals surface area contributed by atoms with Crippen molar-refractivity contribution >= 4 is 0 Å². The van der Waals surface area contributed by atoms with Crippen molar-refractivity contribution in [1.29, 1.82) is 0 Å². The number of hydrogen-bond acceptors (Lipinski definition) is 2. The number of nitrogens with one attached hydrogen (secondary N) is 1. The summed E-state index contributed by atoms with van der Waals surface area (Å²) in [6.07, 6.45) is 0.384. The molecule has 1 unspecified atom stereocenters. The van der Waals surface area contributed by atoms with Crippen LogP contribution >= 0.6 is 0 Å². The quantitative estimate of drug-likeness (QED) is 0.426. The number of likely N-dealkylation sites (N-methyl/N-ethyl adjacent to an activating group) is 1. The zero-order chi connectivity index (χ0) is 3.70. The first kappa shape index (κ1) is 3.12. The number of hydrogen-bond donors (Lipinski definition) is 1. The molecule has 1 aliphatic heterocycles. The molecule has 1 fully saturated rings. The first-order valence-corrected chi connectivity index (χ1v) is 1.72. The highest BCUT2D eigenvalue weighted by molar-refractivity contribution is 4.60. The van der Waals surface area contributed by atoms with Crippen LogP contribution in [0.15, 0.2) is 0 Å². The van der Waals surface area contributed by atoms with Crippen LogP contribution in [0.3, 0.4) is 0 Å². The molecule has 1 aliphatic rings. The average molecular weight is 73.1 g/mol. The van der Waals surface area contributed by atoms with Gasteiger partial charge in [-0.15, -0.1) is 0 Å². The fourth-order valence-corrected chi connectivity index (χ4v) is 0.215. The van der Waals surface area contributed by atoms with Crippen molar-refractivity contribution in [2.24, 2.45) is 0 Å². The van der Waals surface area contributed by atoms with Crippen LogP contribution in [0.4, 0.5) is 0 Å². The van der Waals surface area contributed by atoms with Crippen molar-refractivity contribution in [2.45, 2.75) is 6.23 Å². The van der Waals surface area contributed by atoms with Gasteiger partial charge in [-0.25, -0.2) is 0 Å². The van der Waals surface area contributed by atoms with Gasteiger partial charge in [0.2, 0.25) is 0 Å². The Morgan fingerprint density at radius 1 is 2.00 bits per heavy atom. The summed E-state index contributed by atoms with van der Waals surface area (Å²) in [5.41, 5.74) is 0. The molecule has 2 heteroatoms. The van der Waals surface area contributed by atoms with Crippen molar-refractivity contribution in [1.82, 2.24) is 5.32 Å². The SMILES string of the molecule is CNC1CO1. The minimum Gasteiger partial charge on any atom is -0.357 e. The van der Waals surface area contributed by atoms with Crippen molar-refractivity contribution in [3.05, 3.63) is 0 Å². The van der Waals surface area contributed by atoms with Crippen LogP contribution in [0, 0.1) is 0 Å². The molecular weight excluding hydrogens is 66.0 g/mol. The normalized spacial score (nSPS) is 34.2. The third kappa shape index (κ3) is 0.597. The Bertz CT molecular complexity index is 33.9. The van der Waals surface area contributed by atoms with E-state index in [1.54, 1.807) is 0 Å². The van der Waals surface area contributed by atoms with Gasteiger partial charge in [0.25, 0.3) is 0 Å². The molecule has 0 aromatic carbocycles. The highest BCUT2D eigenvalue weighted by Crippen LogP contribution is 2.00. The van der Waals surface area contributed by atoms with Crippen LogP contribution in [0.5, 0.6) is 0 Å². The molecule has 1 rings (SSSR count). The van der Waals surface area contributed by atoms with E-state index < -0.39 is 0 Å². The lowest BCUT2D eigenvalue weighted by molar-refractivity contribution is 0.384. The van der Waals surface area contributed by atoms with Crippen LogP contribution in [-0.2, 0) is 4.74 Å². The highest BCUT2D eigenvalue weighted by Gasteiger charge is 2.18. The van der Waals surface area contributed by atoms with E-state index in [0.29, 0.717) is 6.23 Å². The Morgan fingerprint density at radius 3 is 2.60 bits per heavy atom. The molecule has 5 heavy (non-hydrogen) atoms. The molecule has 1 atom stereocenters. The molecule has 0 aromatic rings. The zero-order valence-electron chi connectivity index (χ0n) is 3.19. The van der Waals surface area contributed by atoms with E-state index in [-0.39, 0.29) is 0 Å². The van der Waals surface area contributed by atoms with E-state index in [1.165, 1.54) is 0 Å². The predicted octanol–water partition coefficient (Wildman–Crippen LogP) is -0.438. The van der Waals surface area contributed by atoms with Gasteiger partial charge in [0.1, 0.15) is 6.23 Å². The molecule has 0 aromatic heterocycles. The molecule has 2 nitrogen and oxygen atoms in total. The van der Waals surface area contributed by atoms with Gasteiger partial charge < -0.3 is 4.74 Å². The Kier molecular flexibility index (Phi) is 0.596. The van der Waals surface area contributed by atoms with E-state index in [0.717, 1.165) is 6.61 Å². The maximum Gasteiger partial charge on any atom is 0.131 e. The molecule has 0 spiro atoms. The molecular formula is C3H7NO. The second-order valence-corrected chi connectivity index (χ2v) is 1.11. The summed E-state index contributed by atoms with van der Waals surface area (Å²) >= 11 is 0. The van der Waals surface area contributed by atoms with E-state index in [9.17, 15) is 0 Å². The van der Waals surface area contributed by atoms with Gasteiger partial charge in [0.15, 0.2) is 0 Å². The molecule has 1 N–H and O–H groups in total. The maximum atomic E-state index is 4.75. The lowest BCUT2D eigenvalue weighted by Gasteiger charge is -1.76. The molecule has 1 saturated heterocycles. The van der Waals surface area contributed by atoms with Gasteiger partial charge in [-0.1, -0.05) is 0 Å². The van der Waals surface area contributed by atoms with Gasteiger partial charge in [0.05, 0.1) is 6.61 Å². The van der Waals surface area contributed by atoms with E-state index in [2.05, 4.69) is 5.32 Å². The lowest BCUT2D eigenvalue weighted by Crippen LogP contribution is -2.08. The summed E-state index contributed by atoms with van der Waals surface area (Å²) < 4.78 is 4.75. The molecule has 0 aliphatic carbocycles. The average Bonchev–Trinajstić information content (AvgIpc) is 2.12. The molecule has 0 bridgehead atoms. The molecule has 30 valence electrons. The predicted molar refractivity (Wildman–Crippen MR) is 18.8 cm³/mol. The minimum absolute atomic E-state index is 0.384. The minimum atomic E-state index is 0.384. The third-order valence-corrected chi connectivity index (χ3v) is 0.655. The maximum absolute atomic E-state index is 4.75. The van der Waals surface area contributed by atoms with Gasteiger partial charge >= 0.3 is 0 Å². The first-order chi connectivity index (χ1) is 2.43. The van der Waals surface area contributed by atoms with Gasteiger partial charge in [0, 0.05) is 0 Å². The fourth-order valence-electron chi connectivity index (χ4n) is 0.215. The fraction of sp³-hybridized carbons (Fsp3) is 1.00. The van der Waals surface area contributed by atoms with Crippen LogP contribution in [-0.4, -0.2) is 19.9 Å². The zero-order valence-corrected chi connectivity index (χ0v) is 3.19. The standard InChI is InChI=1S/C3H7NO/c1-4-3-2-5-3/h3-4H,2H2,1H3. The Hall–Kier alpha value is -0.0800. The Morgan fingerprint density at radius 2 is 2.60 bits per heavy atom. The van der Waals surface area contributed by atoms with E-state index in [1.807, 2.05) is 7.05 Å². The second kappa shape index (κ2) is 0.954. The van der Waals surface area contributed by atoms with Crippen LogP contribution in [0.2, 0.25) is 0 Å². The summed E-state index contributed by atoms with van der Waals surface area (Å²) in [7, 11) is 1.89. The molecule has 1 heterocycles. The third-order valence-electron chi connectivity index (χ3n) is 0.655. The second-order valence-electron chi connectivity index (χ2n) is 1.11. The van der Waals surface area contributed by atoms with Crippen molar-refractivity contribution in [3.63, 3.8) is 0 Å². The topological polar surface area (TPSA) is 24.6 Å². The molecule has 0 amide bonds. The summed E-state index contributed by atoms with van der Waals surface area (Å²) in [4.78, 5) is 0. The lowest BCUT2D eigenvalue weighted by atomic mass is 10.8. The Labute approximate surface area is 31.1 Å². The van der Waals surface area contributed by atoms with Gasteiger partial charge in [-0.2, -0.15) is 0 Å². The monoisotopic (exact) mass is 73.1 g/mol. The number of epoxide rings is 1.